The van der Waals surface area contributed by atoms with Gasteiger partial charge in [0.2, 0.25) is 0 Å². The highest BCUT2D eigenvalue weighted by Gasteiger charge is 2.47. The quantitative estimate of drug-likeness (QED) is 0.290. The number of aromatic hydroxyl groups is 1. The number of ketones is 1. The zero-order valence-corrected chi connectivity index (χ0v) is 19.9. The molecule has 180 valence electrons. The summed E-state index contributed by atoms with van der Waals surface area (Å²) in [6.45, 7) is 0. The summed E-state index contributed by atoms with van der Waals surface area (Å²) in [6, 6.07) is 14.5. The maximum absolute atomic E-state index is 13.3. The van der Waals surface area contributed by atoms with E-state index in [0.717, 1.165) is 0 Å². The number of methoxy groups -OCH3 is 3. The van der Waals surface area contributed by atoms with E-state index in [-0.39, 0.29) is 27.7 Å². The van der Waals surface area contributed by atoms with E-state index in [1.54, 1.807) is 36.4 Å². The number of benzene rings is 3. The number of Topliss-reactive ketones (excluding diaryl/α,β-unsaturated/α-hetero) is 1. The maximum atomic E-state index is 13.3. The number of phenols is 1. The van der Waals surface area contributed by atoms with Crippen molar-refractivity contribution in [3.63, 3.8) is 0 Å². The highest BCUT2D eigenvalue weighted by atomic mass is 35.5. The van der Waals surface area contributed by atoms with Crippen molar-refractivity contribution in [3.05, 3.63) is 82.4 Å². The van der Waals surface area contributed by atoms with Crippen LogP contribution < -0.4 is 19.1 Å². The Labute approximate surface area is 206 Å². The molecule has 1 amide bonds. The Morgan fingerprint density at radius 1 is 0.914 bits per heavy atom. The molecule has 0 aliphatic carbocycles. The van der Waals surface area contributed by atoms with Gasteiger partial charge in [-0.15, -0.1) is 0 Å². The minimum Gasteiger partial charge on any atom is -0.508 e. The van der Waals surface area contributed by atoms with Crippen LogP contribution in [-0.4, -0.2) is 43.2 Å². The van der Waals surface area contributed by atoms with Crippen LogP contribution in [0.4, 0.5) is 5.69 Å². The fourth-order valence-electron chi connectivity index (χ4n) is 4.04. The third kappa shape index (κ3) is 4.24. The normalized spacial score (nSPS) is 16.9. The monoisotopic (exact) mass is 495 g/mol. The molecular formula is C26H22ClNO7. The fourth-order valence-corrected chi connectivity index (χ4v) is 4.28. The third-order valence-electron chi connectivity index (χ3n) is 5.71. The van der Waals surface area contributed by atoms with Crippen LogP contribution in [-0.2, 0) is 9.59 Å². The van der Waals surface area contributed by atoms with E-state index in [9.17, 15) is 19.8 Å². The molecule has 0 saturated carbocycles. The van der Waals surface area contributed by atoms with Crippen LogP contribution in [0, 0.1) is 0 Å². The van der Waals surface area contributed by atoms with Crippen LogP contribution in [0.5, 0.6) is 23.0 Å². The van der Waals surface area contributed by atoms with Crippen LogP contribution in [0.3, 0.4) is 0 Å². The summed E-state index contributed by atoms with van der Waals surface area (Å²) in [7, 11) is 4.34. The lowest BCUT2D eigenvalue weighted by Crippen LogP contribution is -2.29. The molecule has 8 nitrogen and oxygen atoms in total. The number of amides is 1. The first kappa shape index (κ1) is 24.0. The lowest BCUT2D eigenvalue weighted by Gasteiger charge is -2.26. The van der Waals surface area contributed by atoms with Crippen molar-refractivity contribution in [3.8, 4) is 23.0 Å². The number of rotatable bonds is 6. The van der Waals surface area contributed by atoms with Gasteiger partial charge in [0.15, 0.2) is 0 Å². The standard InChI is InChI=1S/C26H22ClNO7/c1-33-17-9-7-15(8-10-17)28-23(14-5-4-6-16(29)11-14)22(25(31)26(28)32)24(30)18-12-19(27)21(35-3)13-20(18)34-2/h4-13,23,29-30H,1-3H3/b24-22+. The first-order valence-electron chi connectivity index (χ1n) is 10.5. The van der Waals surface area contributed by atoms with Crippen molar-refractivity contribution in [2.24, 2.45) is 0 Å². The molecule has 1 saturated heterocycles. The number of hydrogen-bond donors (Lipinski definition) is 2. The topological polar surface area (TPSA) is 106 Å². The summed E-state index contributed by atoms with van der Waals surface area (Å²) < 4.78 is 15.8. The average Bonchev–Trinajstić information content (AvgIpc) is 3.13. The Bertz CT molecular complexity index is 1330. The average molecular weight is 496 g/mol. The predicted octanol–water partition coefficient (Wildman–Crippen LogP) is 4.70. The Kier molecular flexibility index (Phi) is 6.57. The lowest BCUT2D eigenvalue weighted by atomic mass is 9.94. The van der Waals surface area contributed by atoms with Crippen LogP contribution in [0.1, 0.15) is 17.2 Å². The number of nitrogens with zero attached hydrogens (tertiary/aromatic N) is 1. The van der Waals surface area contributed by atoms with E-state index in [1.807, 2.05) is 0 Å². The molecule has 35 heavy (non-hydrogen) atoms. The molecule has 4 rings (SSSR count). The predicted molar refractivity (Wildman–Crippen MR) is 130 cm³/mol. The molecule has 0 spiro atoms. The van der Waals surface area contributed by atoms with Crippen LogP contribution >= 0.6 is 11.6 Å². The van der Waals surface area contributed by atoms with E-state index in [2.05, 4.69) is 0 Å². The largest absolute Gasteiger partial charge is 0.508 e. The molecule has 1 heterocycles. The number of carbonyl (C=O) groups is 2. The summed E-state index contributed by atoms with van der Waals surface area (Å²) in [5, 5.41) is 21.7. The van der Waals surface area contributed by atoms with Crippen LogP contribution in [0.25, 0.3) is 5.76 Å². The summed E-state index contributed by atoms with van der Waals surface area (Å²) in [4.78, 5) is 27.8. The van der Waals surface area contributed by atoms with Crippen LogP contribution in [0.15, 0.2) is 66.2 Å². The molecule has 1 aliphatic heterocycles. The highest BCUT2D eigenvalue weighted by molar-refractivity contribution is 6.51. The van der Waals surface area contributed by atoms with Gasteiger partial charge in [0.05, 0.1) is 43.5 Å². The third-order valence-corrected chi connectivity index (χ3v) is 6.01. The van der Waals surface area contributed by atoms with E-state index in [1.165, 1.54) is 50.5 Å². The van der Waals surface area contributed by atoms with Crippen molar-refractivity contribution >= 4 is 34.7 Å². The highest BCUT2D eigenvalue weighted by Crippen LogP contribution is 2.45. The second-order valence-electron chi connectivity index (χ2n) is 7.65. The first-order valence-corrected chi connectivity index (χ1v) is 10.8. The van der Waals surface area contributed by atoms with Gasteiger partial charge < -0.3 is 24.4 Å². The van der Waals surface area contributed by atoms with Gasteiger partial charge in [0.1, 0.15) is 28.8 Å². The summed E-state index contributed by atoms with van der Waals surface area (Å²) in [5.41, 5.74) is 0.743. The van der Waals surface area contributed by atoms with Gasteiger partial charge in [0.25, 0.3) is 11.7 Å². The number of aliphatic hydroxyl groups is 1. The van der Waals surface area contributed by atoms with Crippen LogP contribution in [0.2, 0.25) is 5.02 Å². The zero-order valence-electron chi connectivity index (χ0n) is 19.1. The van der Waals surface area contributed by atoms with E-state index in [4.69, 9.17) is 25.8 Å². The van der Waals surface area contributed by atoms with Crippen molar-refractivity contribution in [1.29, 1.82) is 0 Å². The Balaban J connectivity index is 1.97. The molecule has 0 aromatic heterocycles. The van der Waals surface area contributed by atoms with E-state index in [0.29, 0.717) is 22.7 Å². The number of ether oxygens (including phenoxy) is 3. The van der Waals surface area contributed by atoms with Crippen molar-refractivity contribution in [1.82, 2.24) is 0 Å². The van der Waals surface area contributed by atoms with Crippen molar-refractivity contribution < 1.29 is 34.0 Å². The van der Waals surface area contributed by atoms with Gasteiger partial charge in [-0.1, -0.05) is 23.7 Å². The summed E-state index contributed by atoms with van der Waals surface area (Å²) >= 11 is 6.28. The minimum absolute atomic E-state index is 0.0621. The first-order chi connectivity index (χ1) is 16.8. The fraction of sp³-hybridized carbons (Fsp3) is 0.154. The SMILES string of the molecule is COc1ccc(N2C(=O)C(=O)/C(=C(/O)c3cc(Cl)c(OC)cc3OC)C2c2cccc(O)c2)cc1. The molecule has 1 aliphatic rings. The Hall–Kier alpha value is -4.17. The summed E-state index contributed by atoms with van der Waals surface area (Å²) in [6.07, 6.45) is 0. The molecule has 1 fully saturated rings. The Morgan fingerprint density at radius 2 is 1.60 bits per heavy atom. The van der Waals surface area contributed by atoms with Crippen molar-refractivity contribution in [2.75, 3.05) is 26.2 Å². The minimum atomic E-state index is -1.04. The number of phenolic OH excluding ortho intramolecular Hbond substituents is 1. The van der Waals surface area contributed by atoms with E-state index >= 15 is 0 Å². The number of carbonyl (C=O) groups excluding carboxylic acids is 2. The van der Waals surface area contributed by atoms with Gasteiger partial charge in [0, 0.05) is 11.8 Å². The molecular weight excluding hydrogens is 474 g/mol. The van der Waals surface area contributed by atoms with Gasteiger partial charge in [-0.05, 0) is 48.0 Å². The summed E-state index contributed by atoms with van der Waals surface area (Å²) in [5.74, 6) is -1.22. The number of anilines is 1. The van der Waals surface area contributed by atoms with Gasteiger partial charge in [-0.25, -0.2) is 0 Å². The van der Waals surface area contributed by atoms with E-state index < -0.39 is 23.5 Å². The maximum Gasteiger partial charge on any atom is 0.300 e. The molecule has 9 heteroatoms. The number of hydrogen-bond acceptors (Lipinski definition) is 7. The Morgan fingerprint density at radius 3 is 2.20 bits per heavy atom. The molecule has 0 bridgehead atoms. The number of halogens is 1. The number of aliphatic hydroxyl groups excluding tert-OH is 1. The molecule has 1 unspecified atom stereocenters. The molecule has 3 aromatic rings. The van der Waals surface area contributed by atoms with Gasteiger partial charge in [-0.2, -0.15) is 0 Å². The second-order valence-corrected chi connectivity index (χ2v) is 8.06. The van der Waals surface area contributed by atoms with Gasteiger partial charge >= 0.3 is 0 Å². The van der Waals surface area contributed by atoms with Crippen molar-refractivity contribution in [2.45, 2.75) is 6.04 Å². The molecule has 3 aromatic carbocycles. The lowest BCUT2D eigenvalue weighted by molar-refractivity contribution is -0.132. The molecule has 1 atom stereocenters. The molecule has 0 radical (unpaired) electrons. The smallest absolute Gasteiger partial charge is 0.300 e. The van der Waals surface area contributed by atoms with Gasteiger partial charge in [-0.3, -0.25) is 14.5 Å². The molecule has 2 N–H and O–H groups in total. The second kappa shape index (κ2) is 9.60. The zero-order chi connectivity index (χ0) is 25.3.